The van der Waals surface area contributed by atoms with E-state index in [0.29, 0.717) is 5.02 Å². The van der Waals surface area contributed by atoms with Crippen molar-refractivity contribution in [2.45, 2.75) is 43.8 Å². The molecule has 1 aromatic carbocycles. The molecule has 22 heavy (non-hydrogen) atoms. The van der Waals surface area contributed by atoms with Gasteiger partial charge < -0.3 is 4.74 Å². The van der Waals surface area contributed by atoms with Crippen LogP contribution in [0.2, 0.25) is 23.2 Å². The number of rotatable bonds is 3. The van der Waals surface area contributed by atoms with Crippen molar-refractivity contribution in [3.63, 3.8) is 0 Å². The number of nitrogens with zero attached hydrogens (tertiary/aromatic N) is 1. The Kier molecular flexibility index (Phi) is 5.77. The van der Waals surface area contributed by atoms with Gasteiger partial charge in [0.25, 0.3) is 0 Å². The third-order valence-corrected chi connectivity index (χ3v) is 12.5. The van der Waals surface area contributed by atoms with Crippen LogP contribution in [0, 0.1) is 0 Å². The quantitative estimate of drug-likeness (QED) is 0.415. The molecule has 0 heterocycles. The Morgan fingerprint density at radius 2 is 1.86 bits per heavy atom. The molecular weight excluding hydrogens is 361 g/mol. The molecule has 1 unspecified atom stereocenters. The molecule has 0 aliphatic heterocycles. The summed E-state index contributed by atoms with van der Waals surface area (Å²) < 4.78 is 22.2. The lowest BCUT2D eigenvalue weighted by atomic mass is 10.2. The average Bonchev–Trinajstić information content (AvgIpc) is 2.35. The molecule has 0 spiro atoms. The van der Waals surface area contributed by atoms with E-state index in [2.05, 4.69) is 4.03 Å². The molecule has 0 bridgehead atoms. The van der Waals surface area contributed by atoms with Crippen LogP contribution in [-0.2, 0) is 13.7 Å². The largest absolute Gasteiger partial charge is 0.465 e. The van der Waals surface area contributed by atoms with Crippen LogP contribution in [0.1, 0.15) is 31.1 Å². The van der Waals surface area contributed by atoms with E-state index in [1.165, 1.54) is 25.3 Å². The van der Waals surface area contributed by atoms with Crippen LogP contribution in [0.5, 0.6) is 0 Å². The molecule has 0 amide bonds. The zero-order valence-electron chi connectivity index (χ0n) is 13.6. The molecule has 1 atom stereocenters. The fourth-order valence-corrected chi connectivity index (χ4v) is 8.17. The van der Waals surface area contributed by atoms with E-state index in [-0.39, 0.29) is 15.5 Å². The third kappa shape index (κ3) is 4.25. The fraction of sp³-hybridized carbons (Fsp3) is 0.500. The van der Waals surface area contributed by atoms with Gasteiger partial charge in [0.2, 0.25) is 0 Å². The number of carbonyl (C=O) groups excluding carboxylic acids is 1. The Labute approximate surface area is 142 Å². The van der Waals surface area contributed by atoms with Crippen molar-refractivity contribution in [3.05, 3.63) is 28.8 Å². The molecule has 1 aromatic rings. The predicted octanol–water partition coefficient (Wildman–Crippen LogP) is 5.11. The first-order valence-corrected chi connectivity index (χ1v) is 12.3. The van der Waals surface area contributed by atoms with E-state index < -0.39 is 23.1 Å². The van der Waals surface area contributed by atoms with Crippen LogP contribution >= 0.6 is 22.3 Å². The molecule has 124 valence electrons. The summed E-state index contributed by atoms with van der Waals surface area (Å²) in [5.74, 6) is -0.620. The van der Waals surface area contributed by atoms with Gasteiger partial charge >= 0.3 is 5.97 Å². The van der Waals surface area contributed by atoms with Crippen molar-refractivity contribution < 1.29 is 13.7 Å². The number of hydrogen-bond donors (Lipinski definition) is 0. The zero-order chi connectivity index (χ0) is 17.3. The highest BCUT2D eigenvalue weighted by atomic mass is 35.7. The van der Waals surface area contributed by atoms with Crippen molar-refractivity contribution in [2.24, 2.45) is 4.03 Å². The molecule has 0 saturated heterocycles. The van der Waals surface area contributed by atoms with Crippen LogP contribution in [0.3, 0.4) is 0 Å². The molecule has 1 rings (SSSR count). The monoisotopic (exact) mass is 381 g/mol. The van der Waals surface area contributed by atoms with Gasteiger partial charge in [-0.1, -0.05) is 32.4 Å². The van der Waals surface area contributed by atoms with Crippen molar-refractivity contribution >= 4 is 45.4 Å². The Morgan fingerprint density at radius 3 is 2.32 bits per heavy atom. The van der Waals surface area contributed by atoms with Gasteiger partial charge in [-0.15, -0.1) is 0 Å². The standard InChI is InChI=1S/C14H21Cl2NO3SSi/c1-14(2,3)22(5,6)17-21(16,19)12-9-10(15)7-8-11(12)13(18)20-4/h7-9H,1-6H3. The third-order valence-electron chi connectivity index (χ3n) is 3.80. The van der Waals surface area contributed by atoms with Gasteiger partial charge in [-0.2, -0.15) is 0 Å². The summed E-state index contributed by atoms with van der Waals surface area (Å²) in [5.41, 5.74) is 0.120. The van der Waals surface area contributed by atoms with E-state index >= 15 is 0 Å². The molecule has 0 aliphatic carbocycles. The highest BCUT2D eigenvalue weighted by Gasteiger charge is 2.38. The molecule has 0 saturated carbocycles. The van der Waals surface area contributed by atoms with Crippen LogP contribution in [0.25, 0.3) is 0 Å². The lowest BCUT2D eigenvalue weighted by molar-refractivity contribution is 0.0596. The molecule has 4 nitrogen and oxygen atoms in total. The maximum atomic E-state index is 13.0. The second-order valence-corrected chi connectivity index (χ2v) is 14.9. The Bertz CT molecular complexity index is 705. The second kappa shape index (κ2) is 6.51. The molecule has 0 aliphatic rings. The van der Waals surface area contributed by atoms with Crippen molar-refractivity contribution in [1.29, 1.82) is 0 Å². The Morgan fingerprint density at radius 1 is 1.32 bits per heavy atom. The minimum atomic E-state index is -3.29. The molecule has 0 fully saturated rings. The van der Waals surface area contributed by atoms with E-state index in [1.807, 2.05) is 33.9 Å². The van der Waals surface area contributed by atoms with Gasteiger partial charge in [0.05, 0.1) is 17.6 Å². The molecule has 0 aromatic heterocycles. The highest BCUT2D eigenvalue weighted by Crippen LogP contribution is 2.39. The number of ether oxygens (including phenoxy) is 1. The summed E-state index contributed by atoms with van der Waals surface area (Å²) in [7, 11) is 1.94. The smallest absolute Gasteiger partial charge is 0.339 e. The van der Waals surface area contributed by atoms with E-state index in [4.69, 9.17) is 27.0 Å². The predicted molar refractivity (Wildman–Crippen MR) is 94.7 cm³/mol. The second-order valence-electron chi connectivity index (χ2n) is 6.49. The number of carbonyl (C=O) groups is 1. The lowest BCUT2D eigenvalue weighted by Gasteiger charge is -2.32. The summed E-state index contributed by atoms with van der Waals surface area (Å²) in [6, 6.07) is 4.39. The molecular formula is C14H21Cl2NO3SSi. The number of esters is 1. The summed E-state index contributed by atoms with van der Waals surface area (Å²) in [5, 5.41) is 0.204. The summed E-state index contributed by atoms with van der Waals surface area (Å²) in [6.45, 7) is 10.1. The van der Waals surface area contributed by atoms with E-state index in [1.54, 1.807) is 0 Å². The Hall–Kier alpha value is -0.563. The van der Waals surface area contributed by atoms with Crippen molar-refractivity contribution in [2.75, 3.05) is 7.11 Å². The minimum absolute atomic E-state index is 0.110. The normalized spacial score (nSPS) is 15.1. The van der Waals surface area contributed by atoms with Gasteiger partial charge in [0, 0.05) is 15.7 Å². The highest BCUT2D eigenvalue weighted by molar-refractivity contribution is 8.16. The lowest BCUT2D eigenvalue weighted by Crippen LogP contribution is -2.36. The van der Waals surface area contributed by atoms with E-state index in [0.717, 1.165) is 0 Å². The van der Waals surface area contributed by atoms with Gasteiger partial charge in [-0.25, -0.2) is 9.00 Å². The SMILES string of the molecule is COC(=O)c1ccc(Cl)cc1S(=O)(Cl)=N[Si](C)(C)C(C)(C)C. The topological polar surface area (TPSA) is 55.7 Å². The summed E-state index contributed by atoms with van der Waals surface area (Å²) in [4.78, 5) is 12.0. The van der Waals surface area contributed by atoms with Gasteiger partial charge in [0.15, 0.2) is 17.2 Å². The van der Waals surface area contributed by atoms with E-state index in [9.17, 15) is 9.00 Å². The van der Waals surface area contributed by atoms with Crippen LogP contribution in [-0.4, -0.2) is 25.5 Å². The van der Waals surface area contributed by atoms with Crippen molar-refractivity contribution in [1.82, 2.24) is 0 Å². The molecule has 8 heteroatoms. The summed E-state index contributed by atoms with van der Waals surface area (Å²) >= 11 is 5.97. The van der Waals surface area contributed by atoms with Gasteiger partial charge in [0.1, 0.15) is 0 Å². The van der Waals surface area contributed by atoms with Crippen LogP contribution in [0.15, 0.2) is 27.1 Å². The summed E-state index contributed by atoms with van der Waals surface area (Å²) in [6.07, 6.45) is 0. The number of halogens is 2. The maximum Gasteiger partial charge on any atom is 0.339 e. The number of benzene rings is 1. The fourth-order valence-electron chi connectivity index (χ4n) is 1.46. The molecule has 0 radical (unpaired) electrons. The van der Waals surface area contributed by atoms with Gasteiger partial charge in [-0.3, -0.25) is 4.03 Å². The van der Waals surface area contributed by atoms with Crippen LogP contribution < -0.4 is 0 Å². The van der Waals surface area contributed by atoms with Crippen LogP contribution in [0.4, 0.5) is 0 Å². The number of methoxy groups -OCH3 is 1. The number of hydrogen-bond acceptors (Lipinski definition) is 4. The first-order valence-electron chi connectivity index (χ1n) is 6.67. The Balaban J connectivity index is 3.63. The zero-order valence-corrected chi connectivity index (χ0v) is 16.9. The van der Waals surface area contributed by atoms with Gasteiger partial charge in [-0.05, 0) is 36.3 Å². The van der Waals surface area contributed by atoms with Crippen molar-refractivity contribution in [3.8, 4) is 0 Å². The minimum Gasteiger partial charge on any atom is -0.465 e. The maximum absolute atomic E-state index is 13.0. The first kappa shape index (κ1) is 19.5. The molecule has 0 N–H and O–H groups in total. The average molecular weight is 382 g/mol. The first-order chi connectivity index (χ1) is 9.82.